The number of halogens is 1. The number of hydrogen-bond acceptors (Lipinski definition) is 3. The Balaban J connectivity index is 1.40. The first-order valence-corrected chi connectivity index (χ1v) is 9.40. The summed E-state index contributed by atoms with van der Waals surface area (Å²) in [5, 5.41) is 8.40. The van der Waals surface area contributed by atoms with Gasteiger partial charge >= 0.3 is 0 Å². The third-order valence-corrected chi connectivity index (χ3v) is 5.67. The van der Waals surface area contributed by atoms with Crippen LogP contribution in [0.1, 0.15) is 42.6 Å². The molecule has 4 rings (SSSR count). The summed E-state index contributed by atoms with van der Waals surface area (Å²) in [5.41, 5.74) is 4.34. The van der Waals surface area contributed by atoms with Crippen LogP contribution in [0.4, 0.5) is 4.39 Å². The Morgan fingerprint density at radius 2 is 1.76 bits per heavy atom. The van der Waals surface area contributed by atoms with Gasteiger partial charge in [0, 0.05) is 29.9 Å². The monoisotopic (exact) mass is 342 g/mol. The van der Waals surface area contributed by atoms with Crippen molar-refractivity contribution in [2.45, 2.75) is 58.2 Å². The van der Waals surface area contributed by atoms with Crippen molar-refractivity contribution in [1.82, 2.24) is 20.0 Å². The number of aryl methyl sites for hydroxylation is 1. The Morgan fingerprint density at radius 3 is 2.40 bits per heavy atom. The molecule has 2 heterocycles. The molecule has 1 saturated heterocycles. The molecule has 1 aliphatic carbocycles. The quantitative estimate of drug-likeness (QED) is 0.905. The van der Waals surface area contributed by atoms with Gasteiger partial charge in [0.1, 0.15) is 5.82 Å². The van der Waals surface area contributed by atoms with E-state index < -0.39 is 0 Å². The molecule has 0 unspecified atom stereocenters. The summed E-state index contributed by atoms with van der Waals surface area (Å²) in [6, 6.07) is 8.01. The minimum Gasteiger partial charge on any atom is -0.310 e. The molecule has 1 aliphatic heterocycles. The molecule has 2 aliphatic rings. The maximum atomic E-state index is 13.2. The van der Waals surface area contributed by atoms with Crippen LogP contribution in [0.3, 0.4) is 0 Å². The number of likely N-dealkylation sites (tertiary alicyclic amines) is 1. The predicted octanol–water partition coefficient (Wildman–Crippen LogP) is 3.34. The van der Waals surface area contributed by atoms with Gasteiger partial charge in [0.15, 0.2) is 0 Å². The van der Waals surface area contributed by atoms with Crippen LogP contribution in [-0.4, -0.2) is 39.9 Å². The fraction of sp³-hybridized carbons (Fsp3) is 0.550. The van der Waals surface area contributed by atoms with Crippen LogP contribution in [0.5, 0.6) is 0 Å². The Morgan fingerprint density at radius 1 is 1.08 bits per heavy atom. The molecule has 0 spiro atoms. The van der Waals surface area contributed by atoms with Crippen LogP contribution >= 0.6 is 0 Å². The first-order valence-electron chi connectivity index (χ1n) is 9.40. The van der Waals surface area contributed by atoms with Crippen LogP contribution in [0.25, 0.3) is 5.69 Å². The average Bonchev–Trinajstić information content (AvgIpc) is 3.42. The number of nitrogens with one attached hydrogen (secondary N) is 1. The van der Waals surface area contributed by atoms with E-state index in [4.69, 9.17) is 0 Å². The van der Waals surface area contributed by atoms with E-state index in [9.17, 15) is 4.39 Å². The summed E-state index contributed by atoms with van der Waals surface area (Å²) < 4.78 is 15.1. The predicted molar refractivity (Wildman–Crippen MR) is 97.5 cm³/mol. The first-order chi connectivity index (χ1) is 12.1. The maximum absolute atomic E-state index is 13.2. The second-order valence-corrected chi connectivity index (χ2v) is 7.46. The minimum absolute atomic E-state index is 0.218. The highest BCUT2D eigenvalue weighted by atomic mass is 19.1. The molecule has 0 atom stereocenters. The SMILES string of the molecule is Cc1nn(-c2ccc(F)cc2)c(C)c1CNC1CCN(C2CC2)CC1. The van der Waals surface area contributed by atoms with Crippen LogP contribution in [0.2, 0.25) is 0 Å². The molecule has 1 aromatic heterocycles. The van der Waals surface area contributed by atoms with Gasteiger partial charge in [0.05, 0.1) is 11.4 Å². The van der Waals surface area contributed by atoms with E-state index in [1.165, 1.54) is 56.5 Å². The summed E-state index contributed by atoms with van der Waals surface area (Å²) >= 11 is 0. The van der Waals surface area contributed by atoms with Crippen LogP contribution in [0, 0.1) is 19.7 Å². The zero-order valence-electron chi connectivity index (χ0n) is 15.1. The lowest BCUT2D eigenvalue weighted by Gasteiger charge is -2.32. The molecule has 25 heavy (non-hydrogen) atoms. The highest BCUT2D eigenvalue weighted by Crippen LogP contribution is 2.29. The molecule has 0 amide bonds. The van der Waals surface area contributed by atoms with Gasteiger partial charge in [-0.15, -0.1) is 0 Å². The summed E-state index contributed by atoms with van der Waals surface area (Å²) in [7, 11) is 0. The Hall–Kier alpha value is -1.72. The summed E-state index contributed by atoms with van der Waals surface area (Å²) in [5.74, 6) is -0.218. The maximum Gasteiger partial charge on any atom is 0.123 e. The second-order valence-electron chi connectivity index (χ2n) is 7.46. The van der Waals surface area contributed by atoms with Crippen LogP contribution in [0.15, 0.2) is 24.3 Å². The van der Waals surface area contributed by atoms with E-state index in [0.29, 0.717) is 6.04 Å². The van der Waals surface area contributed by atoms with Crippen molar-refractivity contribution in [2.75, 3.05) is 13.1 Å². The van der Waals surface area contributed by atoms with Gasteiger partial charge in [0.2, 0.25) is 0 Å². The van der Waals surface area contributed by atoms with Gasteiger partial charge in [-0.25, -0.2) is 9.07 Å². The minimum atomic E-state index is -0.218. The van der Waals surface area contributed by atoms with E-state index in [0.717, 1.165) is 29.7 Å². The van der Waals surface area contributed by atoms with E-state index in [-0.39, 0.29) is 5.82 Å². The topological polar surface area (TPSA) is 33.1 Å². The van der Waals surface area contributed by atoms with E-state index >= 15 is 0 Å². The summed E-state index contributed by atoms with van der Waals surface area (Å²) in [6.45, 7) is 7.47. The molecule has 2 fully saturated rings. The molecular weight excluding hydrogens is 315 g/mol. The number of piperidine rings is 1. The third kappa shape index (κ3) is 3.62. The highest BCUT2D eigenvalue weighted by molar-refractivity contribution is 5.37. The van der Waals surface area contributed by atoms with Gasteiger partial charge in [-0.3, -0.25) is 0 Å². The molecule has 5 heteroatoms. The lowest BCUT2D eigenvalue weighted by Crippen LogP contribution is -2.43. The fourth-order valence-electron chi connectivity index (χ4n) is 3.92. The van der Waals surface area contributed by atoms with E-state index in [1.54, 1.807) is 12.1 Å². The van der Waals surface area contributed by atoms with E-state index in [1.807, 2.05) is 4.68 Å². The summed E-state index contributed by atoms with van der Waals surface area (Å²) in [4.78, 5) is 2.65. The molecule has 4 nitrogen and oxygen atoms in total. The molecule has 0 radical (unpaired) electrons. The van der Waals surface area contributed by atoms with Crippen molar-refractivity contribution in [1.29, 1.82) is 0 Å². The molecule has 1 aromatic carbocycles. The molecule has 1 N–H and O–H groups in total. The second kappa shape index (κ2) is 6.89. The Kier molecular flexibility index (Phi) is 4.61. The van der Waals surface area contributed by atoms with Crippen molar-refractivity contribution >= 4 is 0 Å². The van der Waals surface area contributed by atoms with Crippen molar-refractivity contribution in [3.63, 3.8) is 0 Å². The molecule has 134 valence electrons. The zero-order valence-corrected chi connectivity index (χ0v) is 15.1. The number of rotatable bonds is 5. The number of benzene rings is 1. The smallest absolute Gasteiger partial charge is 0.123 e. The number of nitrogens with zero attached hydrogens (tertiary/aromatic N) is 3. The third-order valence-electron chi connectivity index (χ3n) is 5.67. The van der Waals surface area contributed by atoms with E-state index in [2.05, 4.69) is 29.2 Å². The first kappa shape index (κ1) is 16.7. The van der Waals surface area contributed by atoms with Gasteiger partial charge in [-0.05, 0) is 76.9 Å². The zero-order chi connectivity index (χ0) is 17.4. The Bertz CT molecular complexity index is 725. The van der Waals surface area contributed by atoms with Crippen LogP contribution in [-0.2, 0) is 6.54 Å². The van der Waals surface area contributed by atoms with Gasteiger partial charge in [-0.2, -0.15) is 5.10 Å². The van der Waals surface area contributed by atoms with Crippen molar-refractivity contribution in [2.24, 2.45) is 0 Å². The van der Waals surface area contributed by atoms with Crippen molar-refractivity contribution in [3.8, 4) is 5.69 Å². The molecular formula is C20H27FN4. The normalized spacial score (nSPS) is 19.5. The van der Waals surface area contributed by atoms with Gasteiger partial charge in [0.25, 0.3) is 0 Å². The molecule has 1 saturated carbocycles. The van der Waals surface area contributed by atoms with Crippen molar-refractivity contribution < 1.29 is 4.39 Å². The number of aromatic nitrogens is 2. The standard InChI is InChI=1S/C20H27FN4/c1-14-20(13-22-17-9-11-24(12-10-17)18-7-8-18)15(2)25(23-14)19-5-3-16(21)4-6-19/h3-6,17-18,22H,7-13H2,1-2H3. The van der Waals surface area contributed by atoms with Crippen LogP contribution < -0.4 is 5.32 Å². The molecule has 0 bridgehead atoms. The fourth-order valence-corrected chi connectivity index (χ4v) is 3.92. The number of hydrogen-bond donors (Lipinski definition) is 1. The highest BCUT2D eigenvalue weighted by Gasteiger charge is 2.31. The van der Waals surface area contributed by atoms with Gasteiger partial charge in [-0.1, -0.05) is 0 Å². The van der Waals surface area contributed by atoms with Gasteiger partial charge < -0.3 is 10.2 Å². The molecule has 2 aromatic rings. The average molecular weight is 342 g/mol. The Labute approximate surface area is 149 Å². The lowest BCUT2D eigenvalue weighted by molar-refractivity contribution is 0.189. The lowest BCUT2D eigenvalue weighted by atomic mass is 10.0. The largest absolute Gasteiger partial charge is 0.310 e. The summed E-state index contributed by atoms with van der Waals surface area (Å²) in [6.07, 6.45) is 5.28. The van der Waals surface area contributed by atoms with Crippen molar-refractivity contribution in [3.05, 3.63) is 47.0 Å².